The van der Waals surface area contributed by atoms with E-state index in [0.717, 1.165) is 3.57 Å². The molecule has 0 fully saturated rings. The highest BCUT2D eigenvalue weighted by Crippen LogP contribution is 2.36. The first-order valence-electron chi connectivity index (χ1n) is 8.72. The summed E-state index contributed by atoms with van der Waals surface area (Å²) in [5.41, 5.74) is 3.40. The molecule has 0 unspecified atom stereocenters. The van der Waals surface area contributed by atoms with Gasteiger partial charge in [0, 0.05) is 5.56 Å². The summed E-state index contributed by atoms with van der Waals surface area (Å²) in [4.78, 5) is 23.7. The number of carbonyl (C=O) groups excluding carboxylic acids is 2. The van der Waals surface area contributed by atoms with Crippen LogP contribution in [0, 0.1) is 3.57 Å². The Labute approximate surface area is 192 Å². The average molecular weight is 547 g/mol. The lowest BCUT2D eigenvalue weighted by atomic mass is 10.2. The zero-order valence-corrected chi connectivity index (χ0v) is 19.4. The number of nitrogens with zero attached hydrogens (tertiary/aromatic N) is 1. The Kier molecular flexibility index (Phi) is 9.18. The topological polar surface area (TPSA) is 95.5 Å². The third-order valence-corrected chi connectivity index (χ3v) is 4.86. The summed E-state index contributed by atoms with van der Waals surface area (Å²) in [6.45, 7) is 1.66. The quantitative estimate of drug-likeness (QED) is 0.223. The van der Waals surface area contributed by atoms with Crippen LogP contribution in [0.1, 0.15) is 22.8 Å². The molecule has 1 amide bonds. The van der Waals surface area contributed by atoms with Crippen molar-refractivity contribution in [1.29, 1.82) is 0 Å². The number of hydrazone groups is 1. The lowest BCUT2D eigenvalue weighted by molar-refractivity contribution is -0.145. The number of benzene rings is 2. The van der Waals surface area contributed by atoms with Crippen LogP contribution in [0.2, 0.25) is 5.02 Å². The maximum Gasteiger partial charge on any atom is 0.344 e. The predicted molar refractivity (Wildman–Crippen MR) is 121 cm³/mol. The maximum atomic E-state index is 12.3. The second kappa shape index (κ2) is 11.6. The van der Waals surface area contributed by atoms with Gasteiger partial charge < -0.3 is 18.9 Å². The van der Waals surface area contributed by atoms with E-state index in [2.05, 4.69) is 33.1 Å². The number of amides is 1. The highest BCUT2D eigenvalue weighted by atomic mass is 127. The number of methoxy groups -OCH3 is 2. The maximum absolute atomic E-state index is 12.3. The molecule has 0 aliphatic rings. The van der Waals surface area contributed by atoms with Crippen LogP contribution in [0.25, 0.3) is 0 Å². The molecule has 30 heavy (non-hydrogen) atoms. The summed E-state index contributed by atoms with van der Waals surface area (Å²) >= 11 is 8.35. The minimum absolute atomic E-state index is 0.208. The molecule has 8 nitrogen and oxygen atoms in total. The fourth-order valence-electron chi connectivity index (χ4n) is 2.32. The Morgan fingerprint density at radius 2 is 1.90 bits per heavy atom. The molecule has 10 heteroatoms. The number of ether oxygens (including phenoxy) is 4. The Morgan fingerprint density at radius 1 is 1.17 bits per heavy atom. The van der Waals surface area contributed by atoms with Crippen molar-refractivity contribution in [2.75, 3.05) is 27.4 Å². The first kappa shape index (κ1) is 23.7. The van der Waals surface area contributed by atoms with Crippen LogP contribution in [0.5, 0.6) is 17.2 Å². The molecule has 0 aliphatic heterocycles. The SMILES string of the molecule is CCOC(=O)COc1c(Cl)cc(/C=N\NC(=O)c2ccc(I)c(OC)c2)cc1OC. The summed E-state index contributed by atoms with van der Waals surface area (Å²) < 4.78 is 21.6. The van der Waals surface area contributed by atoms with Gasteiger partial charge in [-0.15, -0.1) is 0 Å². The van der Waals surface area contributed by atoms with E-state index in [-0.39, 0.29) is 24.0 Å². The Bertz CT molecular complexity index is 951. The van der Waals surface area contributed by atoms with Crippen LogP contribution >= 0.6 is 34.2 Å². The van der Waals surface area contributed by atoms with Gasteiger partial charge in [-0.1, -0.05) is 11.6 Å². The van der Waals surface area contributed by atoms with E-state index in [1.165, 1.54) is 20.4 Å². The van der Waals surface area contributed by atoms with Gasteiger partial charge in [0.15, 0.2) is 18.1 Å². The summed E-state index contributed by atoms with van der Waals surface area (Å²) in [5, 5.41) is 4.16. The molecule has 2 aromatic rings. The van der Waals surface area contributed by atoms with Crippen molar-refractivity contribution in [1.82, 2.24) is 5.43 Å². The largest absolute Gasteiger partial charge is 0.496 e. The van der Waals surface area contributed by atoms with Crippen molar-refractivity contribution >= 4 is 52.3 Å². The predicted octanol–water partition coefficient (Wildman–Crippen LogP) is 3.67. The summed E-state index contributed by atoms with van der Waals surface area (Å²) in [7, 11) is 2.98. The Hall–Kier alpha value is -2.53. The Morgan fingerprint density at radius 3 is 2.57 bits per heavy atom. The number of nitrogens with one attached hydrogen (secondary N) is 1. The van der Waals surface area contributed by atoms with Gasteiger partial charge >= 0.3 is 5.97 Å². The number of hydrogen-bond donors (Lipinski definition) is 1. The lowest BCUT2D eigenvalue weighted by Gasteiger charge is -2.12. The van der Waals surface area contributed by atoms with E-state index in [4.69, 9.17) is 30.5 Å². The first-order chi connectivity index (χ1) is 14.4. The second-order valence-electron chi connectivity index (χ2n) is 5.68. The first-order valence-corrected chi connectivity index (χ1v) is 10.2. The molecule has 0 saturated carbocycles. The van der Waals surface area contributed by atoms with Crippen LogP contribution in [0.15, 0.2) is 35.4 Å². The highest BCUT2D eigenvalue weighted by molar-refractivity contribution is 14.1. The second-order valence-corrected chi connectivity index (χ2v) is 7.25. The van der Waals surface area contributed by atoms with Crippen molar-refractivity contribution in [3.8, 4) is 17.2 Å². The van der Waals surface area contributed by atoms with Crippen molar-refractivity contribution < 1.29 is 28.5 Å². The van der Waals surface area contributed by atoms with Crippen molar-refractivity contribution in [3.63, 3.8) is 0 Å². The van der Waals surface area contributed by atoms with Gasteiger partial charge in [-0.25, -0.2) is 10.2 Å². The van der Waals surface area contributed by atoms with Gasteiger partial charge in [-0.05, 0) is 65.4 Å². The molecule has 0 heterocycles. The monoisotopic (exact) mass is 546 g/mol. The van der Waals surface area contributed by atoms with E-state index >= 15 is 0 Å². The van der Waals surface area contributed by atoms with Crippen LogP contribution in [0.3, 0.4) is 0 Å². The smallest absolute Gasteiger partial charge is 0.344 e. The van der Waals surface area contributed by atoms with Gasteiger partial charge in [-0.3, -0.25) is 4.79 Å². The molecule has 0 radical (unpaired) electrons. The number of hydrogen-bond acceptors (Lipinski definition) is 7. The molecule has 0 saturated heterocycles. The molecule has 0 spiro atoms. The number of rotatable bonds is 9. The van der Waals surface area contributed by atoms with E-state index in [1.807, 2.05) is 0 Å². The molecule has 2 rings (SSSR count). The molecule has 2 aromatic carbocycles. The van der Waals surface area contributed by atoms with E-state index < -0.39 is 11.9 Å². The van der Waals surface area contributed by atoms with E-state index in [1.54, 1.807) is 37.3 Å². The Balaban J connectivity index is 2.09. The summed E-state index contributed by atoms with van der Waals surface area (Å²) in [5.74, 6) is 0.202. The fraction of sp³-hybridized carbons (Fsp3) is 0.250. The van der Waals surface area contributed by atoms with E-state index in [9.17, 15) is 9.59 Å². The average Bonchev–Trinajstić information content (AvgIpc) is 2.73. The zero-order chi connectivity index (χ0) is 22.1. The van der Waals surface area contributed by atoms with Crippen molar-refractivity contribution in [2.45, 2.75) is 6.92 Å². The van der Waals surface area contributed by atoms with Gasteiger partial charge in [0.1, 0.15) is 5.75 Å². The van der Waals surface area contributed by atoms with Gasteiger partial charge in [0.05, 0.1) is 35.6 Å². The van der Waals surface area contributed by atoms with Crippen LogP contribution in [-0.2, 0) is 9.53 Å². The minimum Gasteiger partial charge on any atom is -0.496 e. The number of halogens is 2. The van der Waals surface area contributed by atoms with Gasteiger partial charge in [-0.2, -0.15) is 5.10 Å². The van der Waals surface area contributed by atoms with Gasteiger partial charge in [0.25, 0.3) is 5.91 Å². The van der Waals surface area contributed by atoms with Crippen molar-refractivity contribution in [3.05, 3.63) is 50.1 Å². The standard InChI is InChI=1S/C20H20ClIN2O6/c1-4-29-18(25)11-30-19-14(21)7-12(8-17(19)28-3)10-23-24-20(26)13-5-6-15(22)16(9-13)27-2/h5-10H,4,11H2,1-3H3,(H,24,26)/b23-10-. The van der Waals surface area contributed by atoms with Crippen LogP contribution in [-0.4, -0.2) is 45.5 Å². The minimum atomic E-state index is -0.517. The van der Waals surface area contributed by atoms with Crippen LogP contribution in [0.4, 0.5) is 0 Å². The molecule has 0 aromatic heterocycles. The highest BCUT2D eigenvalue weighted by Gasteiger charge is 2.14. The molecule has 0 bridgehead atoms. The third kappa shape index (κ3) is 6.49. The summed E-state index contributed by atoms with van der Waals surface area (Å²) in [6, 6.07) is 8.24. The molecule has 0 aliphatic carbocycles. The van der Waals surface area contributed by atoms with Gasteiger partial charge in [0.2, 0.25) is 0 Å². The summed E-state index contributed by atoms with van der Waals surface area (Å²) in [6.07, 6.45) is 1.41. The molecular formula is C20H20ClIN2O6. The third-order valence-electron chi connectivity index (χ3n) is 3.68. The van der Waals surface area contributed by atoms with Crippen molar-refractivity contribution in [2.24, 2.45) is 5.10 Å². The molecule has 1 N–H and O–H groups in total. The molecular weight excluding hydrogens is 527 g/mol. The fourth-order valence-corrected chi connectivity index (χ4v) is 3.15. The normalized spacial score (nSPS) is 10.6. The molecule has 160 valence electrons. The molecule has 0 atom stereocenters. The van der Waals surface area contributed by atoms with Crippen LogP contribution < -0.4 is 19.6 Å². The van der Waals surface area contributed by atoms with E-state index in [0.29, 0.717) is 22.6 Å². The number of esters is 1. The zero-order valence-electron chi connectivity index (χ0n) is 16.5. The number of carbonyl (C=O) groups is 2. The lowest BCUT2D eigenvalue weighted by Crippen LogP contribution is -2.17.